The topological polar surface area (TPSA) is 28.7 Å². The lowest BCUT2D eigenvalue weighted by atomic mass is 10.1. The van der Waals surface area contributed by atoms with Crippen molar-refractivity contribution in [3.63, 3.8) is 0 Å². The van der Waals surface area contributed by atoms with Crippen LogP contribution in [0, 0.1) is 13.8 Å². The first kappa shape index (κ1) is 7.62. The van der Waals surface area contributed by atoms with E-state index in [2.05, 4.69) is 10.2 Å². The molecule has 2 rings (SSSR count). The lowest BCUT2D eigenvalue weighted by Gasteiger charge is -2.02. The van der Waals surface area contributed by atoms with Gasteiger partial charge in [0.05, 0.1) is 11.7 Å². The third-order valence-corrected chi connectivity index (χ3v) is 2.69. The van der Waals surface area contributed by atoms with Crippen LogP contribution in [0.15, 0.2) is 12.3 Å². The van der Waals surface area contributed by atoms with E-state index in [4.69, 9.17) is 11.6 Å². The molecule has 0 aliphatic heterocycles. The molecule has 0 saturated carbocycles. The molecule has 0 fully saturated rings. The number of aryl methyl sites for hydroxylation is 2. The molecule has 2 nitrogen and oxygen atoms in total. The molecule has 0 aliphatic carbocycles. The Bertz CT molecular complexity index is 431. The minimum absolute atomic E-state index is 0.837. The van der Waals surface area contributed by atoms with Gasteiger partial charge in [0.1, 0.15) is 0 Å². The van der Waals surface area contributed by atoms with Crippen LogP contribution >= 0.6 is 11.6 Å². The highest BCUT2D eigenvalue weighted by molar-refractivity contribution is 6.33. The first-order valence-electron chi connectivity index (χ1n) is 3.79. The summed E-state index contributed by atoms with van der Waals surface area (Å²) in [6.07, 6.45) is 1.80. The van der Waals surface area contributed by atoms with Crippen molar-refractivity contribution < 1.29 is 0 Å². The van der Waals surface area contributed by atoms with Crippen molar-refractivity contribution in [1.29, 1.82) is 0 Å². The van der Waals surface area contributed by atoms with Crippen molar-refractivity contribution in [1.82, 2.24) is 10.2 Å². The van der Waals surface area contributed by atoms with E-state index in [-0.39, 0.29) is 0 Å². The molecule has 0 unspecified atom stereocenters. The van der Waals surface area contributed by atoms with Crippen LogP contribution in [0.1, 0.15) is 11.1 Å². The number of benzene rings is 1. The van der Waals surface area contributed by atoms with Crippen molar-refractivity contribution >= 4 is 22.5 Å². The summed E-state index contributed by atoms with van der Waals surface area (Å²) in [5, 5.41) is 8.82. The Kier molecular flexibility index (Phi) is 1.58. The summed E-state index contributed by atoms with van der Waals surface area (Å²) in [5.41, 5.74) is 3.24. The molecule has 0 saturated heterocycles. The van der Waals surface area contributed by atoms with E-state index in [1.165, 1.54) is 0 Å². The zero-order valence-corrected chi connectivity index (χ0v) is 7.74. The summed E-state index contributed by atoms with van der Waals surface area (Å²) in [6, 6.07) is 2.01. The Morgan fingerprint density at radius 1 is 1.42 bits per heavy atom. The fraction of sp³-hybridized carbons (Fsp3) is 0.222. The molecule has 1 N–H and O–H groups in total. The zero-order valence-electron chi connectivity index (χ0n) is 6.98. The van der Waals surface area contributed by atoms with Crippen LogP contribution in [0.2, 0.25) is 5.02 Å². The highest BCUT2D eigenvalue weighted by atomic mass is 35.5. The fourth-order valence-corrected chi connectivity index (χ4v) is 1.56. The molecule has 12 heavy (non-hydrogen) atoms. The Morgan fingerprint density at radius 3 is 2.92 bits per heavy atom. The minimum Gasteiger partial charge on any atom is -0.278 e. The third kappa shape index (κ3) is 0.916. The van der Waals surface area contributed by atoms with Crippen molar-refractivity contribution in [2.75, 3.05) is 0 Å². The molecule has 0 radical (unpaired) electrons. The number of rotatable bonds is 0. The van der Waals surface area contributed by atoms with Gasteiger partial charge in [0.25, 0.3) is 0 Å². The average molecular weight is 181 g/mol. The number of nitrogens with zero attached hydrogens (tertiary/aromatic N) is 1. The SMILES string of the molecule is Cc1cc2[nH]ncc2c(C)c1Cl. The summed E-state index contributed by atoms with van der Waals surface area (Å²) in [6.45, 7) is 4.00. The predicted octanol–water partition coefficient (Wildman–Crippen LogP) is 2.83. The first-order chi connectivity index (χ1) is 5.70. The molecule has 0 atom stereocenters. The lowest BCUT2D eigenvalue weighted by molar-refractivity contribution is 1.12. The summed E-state index contributed by atoms with van der Waals surface area (Å²) in [5.74, 6) is 0. The van der Waals surface area contributed by atoms with E-state index in [0.717, 1.165) is 27.1 Å². The summed E-state index contributed by atoms with van der Waals surface area (Å²) >= 11 is 6.07. The number of H-pyrrole nitrogens is 1. The van der Waals surface area contributed by atoms with Crippen LogP contribution in [0.25, 0.3) is 10.9 Å². The molecule has 1 aromatic heterocycles. The van der Waals surface area contributed by atoms with Crippen LogP contribution in [0.4, 0.5) is 0 Å². The van der Waals surface area contributed by atoms with Crippen LogP contribution < -0.4 is 0 Å². The van der Waals surface area contributed by atoms with Gasteiger partial charge in [-0.3, -0.25) is 5.10 Å². The second-order valence-electron chi connectivity index (χ2n) is 2.96. The largest absolute Gasteiger partial charge is 0.278 e. The van der Waals surface area contributed by atoms with Gasteiger partial charge in [-0.05, 0) is 31.0 Å². The first-order valence-corrected chi connectivity index (χ1v) is 4.16. The Balaban J connectivity index is 2.94. The molecule has 0 spiro atoms. The maximum absolute atomic E-state index is 6.07. The maximum atomic E-state index is 6.07. The number of nitrogens with one attached hydrogen (secondary N) is 1. The second-order valence-corrected chi connectivity index (χ2v) is 3.34. The van der Waals surface area contributed by atoms with Gasteiger partial charge in [0, 0.05) is 10.4 Å². The monoisotopic (exact) mass is 180 g/mol. The highest BCUT2D eigenvalue weighted by Crippen LogP contribution is 2.27. The Labute approximate surface area is 75.5 Å². The summed E-state index contributed by atoms with van der Waals surface area (Å²) in [7, 11) is 0. The molecular formula is C9H9ClN2. The zero-order chi connectivity index (χ0) is 8.72. The van der Waals surface area contributed by atoms with Gasteiger partial charge < -0.3 is 0 Å². The van der Waals surface area contributed by atoms with Gasteiger partial charge in [-0.1, -0.05) is 11.6 Å². The van der Waals surface area contributed by atoms with E-state index in [0.29, 0.717) is 0 Å². The lowest BCUT2D eigenvalue weighted by Crippen LogP contribution is -1.82. The number of halogens is 1. The summed E-state index contributed by atoms with van der Waals surface area (Å²) in [4.78, 5) is 0. The summed E-state index contributed by atoms with van der Waals surface area (Å²) < 4.78 is 0. The Morgan fingerprint density at radius 2 is 2.17 bits per heavy atom. The van der Waals surface area contributed by atoms with Crippen LogP contribution in [0.3, 0.4) is 0 Å². The van der Waals surface area contributed by atoms with E-state index in [9.17, 15) is 0 Å². The van der Waals surface area contributed by atoms with E-state index in [1.54, 1.807) is 6.20 Å². The molecule has 0 aliphatic rings. The van der Waals surface area contributed by atoms with Crippen molar-refractivity contribution in [2.45, 2.75) is 13.8 Å². The van der Waals surface area contributed by atoms with Gasteiger partial charge in [-0.15, -0.1) is 0 Å². The Hall–Kier alpha value is -1.02. The molecule has 1 heterocycles. The van der Waals surface area contributed by atoms with Gasteiger partial charge in [0.2, 0.25) is 0 Å². The molecular weight excluding hydrogens is 172 g/mol. The number of aromatic amines is 1. The number of hydrogen-bond acceptors (Lipinski definition) is 1. The molecule has 1 aromatic carbocycles. The number of hydrogen-bond donors (Lipinski definition) is 1. The quantitative estimate of drug-likeness (QED) is 0.664. The maximum Gasteiger partial charge on any atom is 0.0656 e. The fourth-order valence-electron chi connectivity index (χ4n) is 1.40. The van der Waals surface area contributed by atoms with E-state index >= 15 is 0 Å². The van der Waals surface area contributed by atoms with Crippen molar-refractivity contribution in [3.8, 4) is 0 Å². The van der Waals surface area contributed by atoms with Crippen molar-refractivity contribution in [3.05, 3.63) is 28.4 Å². The highest BCUT2D eigenvalue weighted by Gasteiger charge is 2.05. The minimum atomic E-state index is 0.837. The van der Waals surface area contributed by atoms with E-state index in [1.807, 2.05) is 19.9 Å². The van der Waals surface area contributed by atoms with E-state index < -0.39 is 0 Å². The number of aromatic nitrogens is 2. The molecule has 0 amide bonds. The molecule has 62 valence electrons. The van der Waals surface area contributed by atoms with Crippen LogP contribution in [-0.4, -0.2) is 10.2 Å². The standard InChI is InChI=1S/C9H9ClN2/c1-5-3-8-7(4-11-12-8)6(2)9(5)10/h3-4H,1-2H3,(H,11,12). The molecule has 2 aromatic rings. The van der Waals surface area contributed by atoms with Gasteiger partial charge >= 0.3 is 0 Å². The van der Waals surface area contributed by atoms with Crippen molar-refractivity contribution in [2.24, 2.45) is 0 Å². The molecule has 0 bridgehead atoms. The molecule has 3 heteroatoms. The number of fused-ring (bicyclic) bond motifs is 1. The smallest absolute Gasteiger partial charge is 0.0656 e. The van der Waals surface area contributed by atoms with Gasteiger partial charge in [0.15, 0.2) is 0 Å². The van der Waals surface area contributed by atoms with Gasteiger partial charge in [-0.25, -0.2) is 0 Å². The third-order valence-electron chi connectivity index (χ3n) is 2.11. The van der Waals surface area contributed by atoms with Crippen LogP contribution in [-0.2, 0) is 0 Å². The average Bonchev–Trinajstić information content (AvgIpc) is 2.48. The van der Waals surface area contributed by atoms with Crippen LogP contribution in [0.5, 0.6) is 0 Å². The van der Waals surface area contributed by atoms with Gasteiger partial charge in [-0.2, -0.15) is 5.10 Å². The second kappa shape index (κ2) is 2.49. The predicted molar refractivity (Wildman–Crippen MR) is 50.6 cm³/mol. The normalized spacial score (nSPS) is 10.9.